The molecule has 0 bridgehead atoms. The number of nitrogens with zero attached hydrogens (tertiary/aromatic N) is 3. The van der Waals surface area contributed by atoms with Gasteiger partial charge in [0, 0.05) is 25.5 Å². The molecule has 1 unspecified atom stereocenters. The summed E-state index contributed by atoms with van der Waals surface area (Å²) in [7, 11) is -0.370. The van der Waals surface area contributed by atoms with Crippen LogP contribution in [0.4, 0.5) is 0 Å². The number of sulfonamides is 1. The molecule has 1 N–H and O–H groups in total. The number of likely N-dealkylation sites (tertiary alicyclic amines) is 1. The topological polar surface area (TPSA) is 76.3 Å². The van der Waals surface area contributed by atoms with Crippen molar-refractivity contribution in [2.45, 2.75) is 30.7 Å². The molecular weight excluding hydrogens is 420 g/mol. The van der Waals surface area contributed by atoms with Gasteiger partial charge in [-0.3, -0.25) is 14.0 Å². The van der Waals surface area contributed by atoms with E-state index in [-0.39, 0.29) is 16.6 Å². The molecule has 1 fully saturated rings. The lowest BCUT2D eigenvalue weighted by Crippen LogP contribution is -2.41. The minimum absolute atomic E-state index is 0.0251. The molecular formula is C21H28N4O3S2. The van der Waals surface area contributed by atoms with Gasteiger partial charge in [-0.2, -0.15) is 0 Å². The van der Waals surface area contributed by atoms with Crippen LogP contribution in [0, 0.1) is 5.92 Å². The summed E-state index contributed by atoms with van der Waals surface area (Å²) >= 11 is 1.66. The van der Waals surface area contributed by atoms with Crippen LogP contribution in [-0.4, -0.2) is 42.1 Å². The molecule has 162 valence electrons. The third-order valence-electron chi connectivity index (χ3n) is 6.15. The normalized spacial score (nSPS) is 17.6. The van der Waals surface area contributed by atoms with Gasteiger partial charge in [0.2, 0.25) is 10.0 Å². The molecule has 0 spiro atoms. The highest BCUT2D eigenvalue weighted by Crippen LogP contribution is 2.29. The molecule has 0 amide bonds. The van der Waals surface area contributed by atoms with Crippen molar-refractivity contribution in [3.05, 3.63) is 51.1 Å². The van der Waals surface area contributed by atoms with E-state index in [1.807, 2.05) is 11.4 Å². The quantitative estimate of drug-likeness (QED) is 0.629. The first-order chi connectivity index (χ1) is 14.3. The molecule has 0 radical (unpaired) electrons. The van der Waals surface area contributed by atoms with E-state index in [2.05, 4.69) is 22.6 Å². The van der Waals surface area contributed by atoms with Gasteiger partial charge in [-0.1, -0.05) is 13.0 Å². The second-order valence-corrected chi connectivity index (χ2v) is 10.9. The second kappa shape index (κ2) is 8.30. The van der Waals surface area contributed by atoms with Gasteiger partial charge < -0.3 is 0 Å². The van der Waals surface area contributed by atoms with Crippen molar-refractivity contribution in [3.63, 3.8) is 0 Å². The lowest BCUT2D eigenvalue weighted by atomic mass is 9.97. The summed E-state index contributed by atoms with van der Waals surface area (Å²) in [5, 5.41) is 2.03. The third kappa shape index (κ3) is 3.99. The van der Waals surface area contributed by atoms with Crippen LogP contribution in [0.15, 0.2) is 45.4 Å². The first-order valence-corrected chi connectivity index (χ1v) is 12.6. The average Bonchev–Trinajstić information content (AvgIpc) is 3.33. The standard InChI is InChI=1S/C21H28N4O3S2/c1-15-8-10-25(11-9-15)19(20-5-4-12-29-20)14-22-30(27,28)16-6-7-17-18(13-16)24(3)21(26)23(17)2/h4-7,12-13,15,19,22H,8-11,14H2,1-3H3. The Balaban J connectivity index is 1.58. The number of thiophene rings is 1. The molecule has 1 aliphatic heterocycles. The smallest absolute Gasteiger partial charge is 0.295 e. The molecule has 7 nitrogen and oxygen atoms in total. The fourth-order valence-electron chi connectivity index (χ4n) is 4.16. The lowest BCUT2D eigenvalue weighted by molar-refractivity contribution is 0.141. The maximum atomic E-state index is 13.1. The van der Waals surface area contributed by atoms with Gasteiger partial charge in [0.05, 0.1) is 22.0 Å². The Morgan fingerprint density at radius 3 is 2.50 bits per heavy atom. The number of hydrogen-bond acceptors (Lipinski definition) is 5. The van der Waals surface area contributed by atoms with Crippen LogP contribution < -0.4 is 10.4 Å². The monoisotopic (exact) mass is 448 g/mol. The second-order valence-electron chi connectivity index (χ2n) is 8.15. The summed E-state index contributed by atoms with van der Waals surface area (Å²) in [4.78, 5) is 15.9. The van der Waals surface area contributed by atoms with E-state index in [0.29, 0.717) is 23.5 Å². The molecule has 1 aromatic carbocycles. The Hall–Kier alpha value is -1.94. The highest BCUT2D eigenvalue weighted by atomic mass is 32.2. The van der Waals surface area contributed by atoms with Crippen molar-refractivity contribution in [1.82, 2.24) is 18.8 Å². The van der Waals surface area contributed by atoms with Crippen molar-refractivity contribution in [2.75, 3.05) is 19.6 Å². The Morgan fingerprint density at radius 1 is 1.13 bits per heavy atom. The first kappa shape index (κ1) is 21.3. The van der Waals surface area contributed by atoms with Crippen LogP contribution in [0.1, 0.15) is 30.7 Å². The predicted molar refractivity (Wildman–Crippen MR) is 120 cm³/mol. The van der Waals surface area contributed by atoms with Crippen LogP contribution in [0.3, 0.4) is 0 Å². The summed E-state index contributed by atoms with van der Waals surface area (Å²) in [6.45, 7) is 4.54. The van der Waals surface area contributed by atoms with Crippen molar-refractivity contribution in [2.24, 2.45) is 20.0 Å². The summed E-state index contributed by atoms with van der Waals surface area (Å²) in [5.41, 5.74) is 1.13. The largest absolute Gasteiger partial charge is 0.328 e. The number of nitrogens with one attached hydrogen (secondary N) is 1. The SMILES string of the molecule is CC1CCN(C(CNS(=O)(=O)c2ccc3c(c2)n(C)c(=O)n3C)c2cccs2)CC1. The zero-order valence-electron chi connectivity index (χ0n) is 17.5. The summed E-state index contributed by atoms with van der Waals surface area (Å²) in [6, 6.07) is 8.94. The molecule has 1 aliphatic rings. The van der Waals surface area contributed by atoms with E-state index in [9.17, 15) is 13.2 Å². The van der Waals surface area contributed by atoms with Gasteiger partial charge in [-0.25, -0.2) is 17.9 Å². The third-order valence-corrected chi connectivity index (χ3v) is 8.55. The van der Waals surface area contributed by atoms with Crippen LogP contribution in [-0.2, 0) is 24.1 Å². The molecule has 9 heteroatoms. The summed E-state index contributed by atoms with van der Waals surface area (Å²) in [6.07, 6.45) is 2.26. The van der Waals surface area contributed by atoms with Crippen molar-refractivity contribution in [1.29, 1.82) is 0 Å². The van der Waals surface area contributed by atoms with Crippen molar-refractivity contribution in [3.8, 4) is 0 Å². The number of fused-ring (bicyclic) bond motifs is 1. The Bertz CT molecular complexity index is 1190. The number of aryl methyl sites for hydroxylation is 2. The number of rotatable bonds is 6. The molecule has 0 aliphatic carbocycles. The Kier molecular flexibility index (Phi) is 5.89. The number of piperidine rings is 1. The molecule has 1 saturated heterocycles. The van der Waals surface area contributed by atoms with E-state index in [4.69, 9.17) is 0 Å². The van der Waals surface area contributed by atoms with E-state index < -0.39 is 10.0 Å². The number of imidazole rings is 1. The van der Waals surface area contributed by atoms with E-state index in [0.717, 1.165) is 25.9 Å². The molecule has 1 atom stereocenters. The molecule has 30 heavy (non-hydrogen) atoms. The summed E-state index contributed by atoms with van der Waals surface area (Å²) in [5.74, 6) is 0.714. The van der Waals surface area contributed by atoms with Crippen LogP contribution in [0.25, 0.3) is 11.0 Å². The summed E-state index contributed by atoms with van der Waals surface area (Å²) < 4.78 is 31.9. The van der Waals surface area contributed by atoms with Gasteiger partial charge in [0.25, 0.3) is 0 Å². The number of aromatic nitrogens is 2. The van der Waals surface area contributed by atoms with Crippen molar-refractivity contribution >= 4 is 32.4 Å². The fourth-order valence-corrected chi connectivity index (χ4v) is 6.08. The minimum atomic E-state index is -3.70. The van der Waals surface area contributed by atoms with Gasteiger partial charge in [-0.15, -0.1) is 11.3 Å². The Labute approximate surface area is 181 Å². The molecule has 0 saturated carbocycles. The number of benzene rings is 1. The van der Waals surface area contributed by atoms with Crippen LogP contribution >= 0.6 is 11.3 Å². The first-order valence-electron chi connectivity index (χ1n) is 10.2. The van der Waals surface area contributed by atoms with E-state index in [1.165, 1.54) is 14.0 Å². The van der Waals surface area contributed by atoms with Crippen LogP contribution in [0.5, 0.6) is 0 Å². The molecule has 3 aromatic rings. The molecule has 4 rings (SSSR count). The molecule has 3 heterocycles. The molecule has 2 aromatic heterocycles. The number of hydrogen-bond donors (Lipinski definition) is 1. The van der Waals surface area contributed by atoms with Crippen molar-refractivity contribution < 1.29 is 8.42 Å². The fraction of sp³-hybridized carbons (Fsp3) is 0.476. The highest BCUT2D eigenvalue weighted by molar-refractivity contribution is 7.89. The minimum Gasteiger partial charge on any atom is -0.295 e. The average molecular weight is 449 g/mol. The maximum absolute atomic E-state index is 13.1. The van der Waals surface area contributed by atoms with Gasteiger partial charge in [0.1, 0.15) is 0 Å². The highest BCUT2D eigenvalue weighted by Gasteiger charge is 2.27. The van der Waals surface area contributed by atoms with Gasteiger partial charge in [-0.05, 0) is 61.5 Å². The Morgan fingerprint density at radius 2 is 1.83 bits per heavy atom. The lowest BCUT2D eigenvalue weighted by Gasteiger charge is -2.36. The van der Waals surface area contributed by atoms with Crippen LogP contribution in [0.2, 0.25) is 0 Å². The van der Waals surface area contributed by atoms with Gasteiger partial charge in [0.15, 0.2) is 0 Å². The predicted octanol–water partition coefficient (Wildman–Crippen LogP) is 2.69. The zero-order valence-corrected chi connectivity index (χ0v) is 19.2. The van der Waals surface area contributed by atoms with E-state index >= 15 is 0 Å². The maximum Gasteiger partial charge on any atom is 0.328 e. The zero-order chi connectivity index (χ0) is 21.5. The van der Waals surface area contributed by atoms with E-state index in [1.54, 1.807) is 43.6 Å². The van der Waals surface area contributed by atoms with Gasteiger partial charge >= 0.3 is 5.69 Å².